The van der Waals surface area contributed by atoms with E-state index in [-0.39, 0.29) is 5.69 Å². The molecule has 7 nitrogen and oxygen atoms in total. The topological polar surface area (TPSA) is 94.1 Å². The maximum atomic E-state index is 10.8. The Morgan fingerprint density at radius 2 is 2.00 bits per heavy atom. The van der Waals surface area contributed by atoms with E-state index in [1.54, 1.807) is 19.3 Å². The normalized spacial score (nSPS) is 10.6. The highest BCUT2D eigenvalue weighted by Crippen LogP contribution is 2.20. The number of pyridine rings is 1. The largest absolute Gasteiger partial charge is 0.444 e. The average molecular weight is 338 g/mol. The van der Waals surface area contributed by atoms with Crippen molar-refractivity contribution in [1.29, 1.82) is 0 Å². The lowest BCUT2D eigenvalue weighted by Gasteiger charge is -2.05. The summed E-state index contributed by atoms with van der Waals surface area (Å²) in [5, 5.41) is 13.9. The molecule has 1 aromatic carbocycles. The summed E-state index contributed by atoms with van der Waals surface area (Å²) in [6.07, 6.45) is 3.57. The molecule has 0 bridgehead atoms. The van der Waals surface area contributed by atoms with Gasteiger partial charge >= 0.3 is 0 Å². The zero-order chi connectivity index (χ0) is 17.8. The second-order valence-electron chi connectivity index (χ2n) is 5.80. The minimum atomic E-state index is -0.436. The number of hydrogen-bond acceptors (Lipinski definition) is 6. The van der Waals surface area contributed by atoms with Crippen LogP contribution in [0.5, 0.6) is 0 Å². The smallest absolute Gasteiger partial charge is 0.290 e. The van der Waals surface area contributed by atoms with Crippen LogP contribution in [0.25, 0.3) is 11.5 Å². The van der Waals surface area contributed by atoms with Gasteiger partial charge in [-0.3, -0.25) is 10.1 Å². The van der Waals surface area contributed by atoms with Crippen molar-refractivity contribution >= 4 is 11.5 Å². The average Bonchev–Trinajstić information content (AvgIpc) is 3.04. The lowest BCUT2D eigenvalue weighted by Crippen LogP contribution is -2.07. The highest BCUT2D eigenvalue weighted by Gasteiger charge is 2.11. The number of nitrogens with one attached hydrogen (secondary N) is 1. The van der Waals surface area contributed by atoms with Gasteiger partial charge in [0, 0.05) is 24.1 Å². The Hall–Kier alpha value is -3.22. The Balaban J connectivity index is 1.58. The molecule has 1 N–H and O–H groups in total. The number of nitro groups is 1. The van der Waals surface area contributed by atoms with E-state index >= 15 is 0 Å². The van der Waals surface area contributed by atoms with Crippen LogP contribution in [0, 0.1) is 24.0 Å². The first kappa shape index (κ1) is 16.6. The zero-order valence-electron chi connectivity index (χ0n) is 14.0. The minimum Gasteiger partial charge on any atom is -0.444 e. The molecular weight excluding hydrogens is 320 g/mol. The number of benzene rings is 1. The summed E-state index contributed by atoms with van der Waals surface area (Å²) < 4.78 is 5.53. The van der Waals surface area contributed by atoms with E-state index in [2.05, 4.69) is 15.3 Å². The van der Waals surface area contributed by atoms with Crippen molar-refractivity contribution in [3.05, 3.63) is 69.7 Å². The van der Waals surface area contributed by atoms with E-state index in [4.69, 9.17) is 4.42 Å². The number of nitrogens with zero attached hydrogens (tertiary/aromatic N) is 3. The summed E-state index contributed by atoms with van der Waals surface area (Å²) >= 11 is 0. The quantitative estimate of drug-likeness (QED) is 0.541. The summed E-state index contributed by atoms with van der Waals surface area (Å²) in [6.45, 7) is 4.32. The van der Waals surface area contributed by atoms with Gasteiger partial charge in [-0.1, -0.05) is 17.7 Å². The molecule has 0 radical (unpaired) electrons. The van der Waals surface area contributed by atoms with Gasteiger partial charge in [-0.05, 0) is 32.0 Å². The second kappa shape index (κ2) is 7.12. The van der Waals surface area contributed by atoms with E-state index in [9.17, 15) is 10.1 Å². The molecule has 3 rings (SSSR count). The van der Waals surface area contributed by atoms with E-state index in [0.29, 0.717) is 30.2 Å². The molecule has 0 aliphatic carbocycles. The molecule has 25 heavy (non-hydrogen) atoms. The van der Waals surface area contributed by atoms with Gasteiger partial charge in [0.25, 0.3) is 5.69 Å². The molecule has 2 heterocycles. The van der Waals surface area contributed by atoms with Gasteiger partial charge in [0.1, 0.15) is 18.3 Å². The molecular formula is C18H18N4O3. The van der Waals surface area contributed by atoms with Crippen LogP contribution >= 0.6 is 0 Å². The summed E-state index contributed by atoms with van der Waals surface area (Å²) in [6, 6.07) is 9.66. The fourth-order valence-electron chi connectivity index (χ4n) is 2.41. The molecule has 0 atom stereocenters. The molecule has 0 aliphatic heterocycles. The third-order valence-corrected chi connectivity index (χ3v) is 3.82. The van der Waals surface area contributed by atoms with Gasteiger partial charge in [-0.15, -0.1) is 0 Å². The van der Waals surface area contributed by atoms with Gasteiger partial charge in [0.15, 0.2) is 0 Å². The third kappa shape index (κ3) is 4.00. The lowest BCUT2D eigenvalue weighted by atomic mass is 10.1. The fraction of sp³-hybridized carbons (Fsp3) is 0.222. The maximum absolute atomic E-state index is 10.8. The predicted octanol–water partition coefficient (Wildman–Crippen LogP) is 3.92. The van der Waals surface area contributed by atoms with Crippen LogP contribution < -0.4 is 5.32 Å². The first-order valence-corrected chi connectivity index (χ1v) is 7.89. The van der Waals surface area contributed by atoms with Crippen molar-refractivity contribution in [2.45, 2.75) is 20.3 Å². The molecule has 0 fully saturated rings. The first-order valence-electron chi connectivity index (χ1n) is 7.89. The SMILES string of the molecule is Cc1ccc(-c2nc(CCNc3cc(C)c([N+](=O)[O-])cn3)co2)cc1. The highest BCUT2D eigenvalue weighted by molar-refractivity contribution is 5.53. The van der Waals surface area contributed by atoms with Crippen molar-refractivity contribution < 1.29 is 9.34 Å². The molecule has 0 unspecified atom stereocenters. The van der Waals surface area contributed by atoms with Crippen molar-refractivity contribution in [1.82, 2.24) is 9.97 Å². The monoisotopic (exact) mass is 338 g/mol. The van der Waals surface area contributed by atoms with Crippen LogP contribution in [-0.2, 0) is 6.42 Å². The summed E-state index contributed by atoms with van der Waals surface area (Å²) in [5.41, 5.74) is 3.56. The number of aryl methyl sites for hydroxylation is 2. The molecule has 0 aliphatic rings. The molecule has 0 saturated carbocycles. The van der Waals surface area contributed by atoms with Crippen LogP contribution in [0.1, 0.15) is 16.8 Å². The highest BCUT2D eigenvalue weighted by atomic mass is 16.6. The minimum absolute atomic E-state index is 0.0183. The predicted molar refractivity (Wildman–Crippen MR) is 94.5 cm³/mol. The zero-order valence-corrected chi connectivity index (χ0v) is 14.0. The number of oxazole rings is 1. The number of rotatable bonds is 6. The van der Waals surface area contributed by atoms with Crippen LogP contribution in [0.3, 0.4) is 0 Å². The molecule has 0 spiro atoms. The van der Waals surface area contributed by atoms with Gasteiger partial charge in [-0.25, -0.2) is 9.97 Å². The summed E-state index contributed by atoms with van der Waals surface area (Å²) in [4.78, 5) is 18.9. The summed E-state index contributed by atoms with van der Waals surface area (Å²) in [7, 11) is 0. The van der Waals surface area contributed by atoms with Crippen LogP contribution in [-0.4, -0.2) is 21.4 Å². The van der Waals surface area contributed by atoms with E-state index in [0.717, 1.165) is 11.3 Å². The Bertz CT molecular complexity index is 888. The van der Waals surface area contributed by atoms with E-state index in [1.807, 2.05) is 31.2 Å². The first-order chi connectivity index (χ1) is 12.0. The molecule has 0 saturated heterocycles. The van der Waals surface area contributed by atoms with Gasteiger partial charge in [0.05, 0.1) is 10.6 Å². The molecule has 2 aromatic heterocycles. The van der Waals surface area contributed by atoms with Crippen molar-refractivity contribution in [2.24, 2.45) is 0 Å². The second-order valence-corrected chi connectivity index (χ2v) is 5.80. The van der Waals surface area contributed by atoms with Crippen molar-refractivity contribution in [2.75, 3.05) is 11.9 Å². The molecule has 0 amide bonds. The van der Waals surface area contributed by atoms with Crippen molar-refractivity contribution in [3.63, 3.8) is 0 Å². The lowest BCUT2D eigenvalue weighted by molar-refractivity contribution is -0.385. The van der Waals surface area contributed by atoms with Gasteiger partial charge < -0.3 is 9.73 Å². The Morgan fingerprint density at radius 3 is 2.68 bits per heavy atom. The molecule has 7 heteroatoms. The Kier molecular flexibility index (Phi) is 4.74. The Morgan fingerprint density at radius 1 is 1.24 bits per heavy atom. The van der Waals surface area contributed by atoms with Crippen LogP contribution in [0.4, 0.5) is 11.5 Å². The number of hydrogen-bond donors (Lipinski definition) is 1. The standard InChI is InChI=1S/C18H18N4O3/c1-12-3-5-14(6-4-12)18-21-15(11-25-18)7-8-19-17-9-13(2)16(10-20-17)22(23)24/h3-6,9-11H,7-8H2,1-2H3,(H,19,20). The van der Waals surface area contributed by atoms with Gasteiger partial charge in [-0.2, -0.15) is 0 Å². The number of anilines is 1. The third-order valence-electron chi connectivity index (χ3n) is 3.82. The van der Waals surface area contributed by atoms with Crippen LogP contribution in [0.2, 0.25) is 0 Å². The van der Waals surface area contributed by atoms with Crippen LogP contribution in [0.15, 0.2) is 47.2 Å². The molecule has 128 valence electrons. The van der Waals surface area contributed by atoms with E-state index < -0.39 is 4.92 Å². The Labute approximate surface area is 144 Å². The number of aromatic nitrogens is 2. The van der Waals surface area contributed by atoms with Crippen molar-refractivity contribution in [3.8, 4) is 11.5 Å². The maximum Gasteiger partial charge on any atom is 0.290 e. The van der Waals surface area contributed by atoms with E-state index in [1.165, 1.54) is 11.8 Å². The molecule has 3 aromatic rings. The van der Waals surface area contributed by atoms with Gasteiger partial charge in [0.2, 0.25) is 5.89 Å². The fourth-order valence-corrected chi connectivity index (χ4v) is 2.41. The summed E-state index contributed by atoms with van der Waals surface area (Å²) in [5.74, 6) is 1.20.